The summed E-state index contributed by atoms with van der Waals surface area (Å²) in [6.45, 7) is 5.31. The van der Waals surface area contributed by atoms with E-state index in [1.165, 1.54) is 6.42 Å². The number of hydrogen-bond acceptors (Lipinski definition) is 2. The van der Waals surface area contributed by atoms with Crippen LogP contribution in [0.25, 0.3) is 0 Å². The third-order valence-corrected chi connectivity index (χ3v) is 4.10. The Bertz CT molecular complexity index is 254. The SMILES string of the molecule is C[C@@H]1C[C@H]1C(=O)N1C[C@H]2CCN[C@H]2C1. The second kappa shape index (κ2) is 2.96. The summed E-state index contributed by atoms with van der Waals surface area (Å²) in [6, 6.07) is 0.605. The van der Waals surface area contributed by atoms with Gasteiger partial charge in [-0.2, -0.15) is 0 Å². The zero-order valence-electron chi connectivity index (χ0n) is 8.70. The van der Waals surface area contributed by atoms with Crippen LogP contribution < -0.4 is 5.32 Å². The topological polar surface area (TPSA) is 32.3 Å². The Kier molecular flexibility index (Phi) is 1.84. The molecule has 3 rings (SSSR count). The molecular weight excluding hydrogens is 176 g/mol. The van der Waals surface area contributed by atoms with Gasteiger partial charge in [0.15, 0.2) is 0 Å². The zero-order chi connectivity index (χ0) is 9.71. The molecule has 0 radical (unpaired) electrons. The van der Waals surface area contributed by atoms with Gasteiger partial charge in [-0.3, -0.25) is 4.79 Å². The normalized spacial score (nSPS) is 45.4. The zero-order valence-corrected chi connectivity index (χ0v) is 8.70. The summed E-state index contributed by atoms with van der Waals surface area (Å²) in [4.78, 5) is 14.0. The molecule has 1 amide bonds. The molecule has 3 fully saturated rings. The maximum absolute atomic E-state index is 11.9. The van der Waals surface area contributed by atoms with Gasteiger partial charge in [0.2, 0.25) is 5.91 Å². The van der Waals surface area contributed by atoms with Crippen LogP contribution >= 0.6 is 0 Å². The first-order valence-corrected chi connectivity index (χ1v) is 5.78. The summed E-state index contributed by atoms with van der Waals surface area (Å²) >= 11 is 0. The predicted octanol–water partition coefficient (Wildman–Crippen LogP) is 0.463. The maximum atomic E-state index is 11.9. The highest BCUT2D eigenvalue weighted by Gasteiger charge is 2.45. The minimum Gasteiger partial charge on any atom is -0.341 e. The second-order valence-electron chi connectivity index (χ2n) is 5.17. The number of nitrogens with zero attached hydrogens (tertiary/aromatic N) is 1. The van der Waals surface area contributed by atoms with Crippen LogP contribution in [-0.2, 0) is 4.79 Å². The molecule has 1 N–H and O–H groups in total. The Morgan fingerprint density at radius 1 is 1.43 bits per heavy atom. The molecule has 4 atom stereocenters. The maximum Gasteiger partial charge on any atom is 0.226 e. The van der Waals surface area contributed by atoms with Crippen LogP contribution in [0.15, 0.2) is 0 Å². The van der Waals surface area contributed by atoms with Crippen molar-refractivity contribution in [3.63, 3.8) is 0 Å². The first-order chi connectivity index (χ1) is 6.75. The van der Waals surface area contributed by atoms with Gasteiger partial charge in [-0.1, -0.05) is 6.92 Å². The van der Waals surface area contributed by atoms with E-state index >= 15 is 0 Å². The molecule has 3 nitrogen and oxygen atoms in total. The number of carbonyl (C=O) groups excluding carboxylic acids is 1. The van der Waals surface area contributed by atoms with Crippen molar-refractivity contribution in [1.82, 2.24) is 10.2 Å². The van der Waals surface area contributed by atoms with E-state index in [1.54, 1.807) is 0 Å². The summed E-state index contributed by atoms with van der Waals surface area (Å²) in [6.07, 6.45) is 2.38. The third-order valence-electron chi connectivity index (χ3n) is 4.10. The van der Waals surface area contributed by atoms with E-state index in [0.717, 1.165) is 32.0 Å². The van der Waals surface area contributed by atoms with Crippen molar-refractivity contribution < 1.29 is 4.79 Å². The van der Waals surface area contributed by atoms with E-state index in [-0.39, 0.29) is 0 Å². The molecule has 0 aromatic carbocycles. The highest BCUT2D eigenvalue weighted by Crippen LogP contribution is 2.40. The molecular formula is C11H18N2O. The van der Waals surface area contributed by atoms with Crippen molar-refractivity contribution in [2.45, 2.75) is 25.8 Å². The summed E-state index contributed by atoms with van der Waals surface area (Å²) in [5, 5.41) is 3.48. The monoisotopic (exact) mass is 194 g/mol. The van der Waals surface area contributed by atoms with Crippen LogP contribution in [0.3, 0.4) is 0 Å². The first kappa shape index (κ1) is 8.72. The van der Waals surface area contributed by atoms with Gasteiger partial charge in [0.25, 0.3) is 0 Å². The Morgan fingerprint density at radius 2 is 2.21 bits per heavy atom. The molecule has 2 aliphatic heterocycles. The Morgan fingerprint density at radius 3 is 2.86 bits per heavy atom. The van der Waals surface area contributed by atoms with Gasteiger partial charge < -0.3 is 10.2 Å². The lowest BCUT2D eigenvalue weighted by Gasteiger charge is -2.17. The van der Waals surface area contributed by atoms with E-state index in [1.807, 2.05) is 0 Å². The fourth-order valence-electron chi connectivity index (χ4n) is 2.93. The Hall–Kier alpha value is -0.570. The Balaban J connectivity index is 1.62. The largest absolute Gasteiger partial charge is 0.341 e. The quantitative estimate of drug-likeness (QED) is 0.658. The van der Waals surface area contributed by atoms with Crippen molar-refractivity contribution in [2.75, 3.05) is 19.6 Å². The van der Waals surface area contributed by atoms with E-state index in [0.29, 0.717) is 23.8 Å². The number of amides is 1. The van der Waals surface area contributed by atoms with Crippen LogP contribution in [0.4, 0.5) is 0 Å². The lowest BCUT2D eigenvalue weighted by Crippen LogP contribution is -2.35. The van der Waals surface area contributed by atoms with Crippen LogP contribution in [0, 0.1) is 17.8 Å². The average Bonchev–Trinajstić information content (AvgIpc) is 2.62. The minimum atomic E-state index is 0.369. The number of hydrogen-bond donors (Lipinski definition) is 1. The van der Waals surface area contributed by atoms with Gasteiger partial charge in [0.1, 0.15) is 0 Å². The molecule has 0 spiro atoms. The van der Waals surface area contributed by atoms with Crippen molar-refractivity contribution in [1.29, 1.82) is 0 Å². The van der Waals surface area contributed by atoms with E-state index < -0.39 is 0 Å². The number of fused-ring (bicyclic) bond motifs is 1. The van der Waals surface area contributed by atoms with Crippen LogP contribution in [0.5, 0.6) is 0 Å². The molecule has 0 aromatic rings. The molecule has 2 saturated heterocycles. The molecule has 1 saturated carbocycles. The second-order valence-corrected chi connectivity index (χ2v) is 5.17. The van der Waals surface area contributed by atoms with Gasteiger partial charge in [0, 0.05) is 25.0 Å². The Labute approximate surface area is 84.8 Å². The third kappa shape index (κ3) is 1.26. The van der Waals surface area contributed by atoms with Gasteiger partial charge >= 0.3 is 0 Å². The first-order valence-electron chi connectivity index (χ1n) is 5.78. The molecule has 14 heavy (non-hydrogen) atoms. The fraction of sp³-hybridized carbons (Fsp3) is 0.909. The molecule has 2 heterocycles. The van der Waals surface area contributed by atoms with Crippen LogP contribution in [0.2, 0.25) is 0 Å². The van der Waals surface area contributed by atoms with Crippen molar-refractivity contribution in [3.05, 3.63) is 0 Å². The summed E-state index contributed by atoms with van der Waals surface area (Å²) in [5.74, 6) is 2.19. The van der Waals surface area contributed by atoms with Crippen LogP contribution in [0.1, 0.15) is 19.8 Å². The summed E-state index contributed by atoms with van der Waals surface area (Å²) < 4.78 is 0. The molecule has 0 aromatic heterocycles. The van der Waals surface area contributed by atoms with Gasteiger partial charge in [-0.15, -0.1) is 0 Å². The molecule has 78 valence electrons. The lowest BCUT2D eigenvalue weighted by atomic mass is 10.1. The van der Waals surface area contributed by atoms with E-state index in [2.05, 4.69) is 17.1 Å². The van der Waals surface area contributed by atoms with Crippen LogP contribution in [-0.4, -0.2) is 36.5 Å². The van der Waals surface area contributed by atoms with Gasteiger partial charge in [-0.05, 0) is 31.2 Å². The molecule has 3 aliphatic rings. The average molecular weight is 194 g/mol. The summed E-state index contributed by atoms with van der Waals surface area (Å²) in [5.41, 5.74) is 0. The van der Waals surface area contributed by atoms with Gasteiger partial charge in [0.05, 0.1) is 0 Å². The molecule has 0 bridgehead atoms. The molecule has 1 aliphatic carbocycles. The lowest BCUT2D eigenvalue weighted by molar-refractivity contribution is -0.132. The number of carbonyl (C=O) groups is 1. The minimum absolute atomic E-state index is 0.369. The summed E-state index contributed by atoms with van der Waals surface area (Å²) in [7, 11) is 0. The number of rotatable bonds is 1. The number of likely N-dealkylation sites (tertiary alicyclic amines) is 1. The van der Waals surface area contributed by atoms with Crippen molar-refractivity contribution in [2.24, 2.45) is 17.8 Å². The van der Waals surface area contributed by atoms with E-state index in [4.69, 9.17) is 0 Å². The van der Waals surface area contributed by atoms with E-state index in [9.17, 15) is 4.79 Å². The number of nitrogens with one attached hydrogen (secondary N) is 1. The smallest absolute Gasteiger partial charge is 0.226 e. The predicted molar refractivity (Wildman–Crippen MR) is 53.7 cm³/mol. The molecule has 3 heteroatoms. The highest BCUT2D eigenvalue weighted by molar-refractivity contribution is 5.82. The van der Waals surface area contributed by atoms with Crippen molar-refractivity contribution in [3.8, 4) is 0 Å². The fourth-order valence-corrected chi connectivity index (χ4v) is 2.93. The van der Waals surface area contributed by atoms with Crippen molar-refractivity contribution >= 4 is 5.91 Å². The molecule has 0 unspecified atom stereocenters. The standard InChI is InChI=1S/C11H18N2O/c1-7-4-9(7)11(14)13-5-8-2-3-12-10(8)6-13/h7-10,12H,2-6H2,1H3/t7-,8-,9-,10+/m1/s1. The highest BCUT2D eigenvalue weighted by atomic mass is 16.2. The van der Waals surface area contributed by atoms with Gasteiger partial charge in [-0.25, -0.2) is 0 Å².